The molecule has 0 bridgehead atoms. The average molecular weight is 300 g/mol. The van der Waals surface area contributed by atoms with Crippen LogP contribution in [0, 0.1) is 0 Å². The molecule has 0 fully saturated rings. The average Bonchev–Trinajstić information content (AvgIpc) is 2.26. The molecule has 8 heteroatoms. The highest BCUT2D eigenvalue weighted by Gasteiger charge is 2.35. The molecule has 18 heavy (non-hydrogen) atoms. The summed E-state index contributed by atoms with van der Waals surface area (Å²) in [5.74, 6) is -0.348. The Hall–Kier alpha value is -0.690. The lowest BCUT2D eigenvalue weighted by Crippen LogP contribution is -2.23. The van der Waals surface area contributed by atoms with Crippen LogP contribution in [0.3, 0.4) is 0 Å². The van der Waals surface area contributed by atoms with E-state index in [2.05, 4.69) is 15.3 Å². The molecule has 0 aliphatic rings. The van der Waals surface area contributed by atoms with E-state index in [-0.39, 0.29) is 17.0 Å². The first-order valence-electron chi connectivity index (χ1n) is 5.24. The van der Waals surface area contributed by atoms with Crippen molar-refractivity contribution in [3.05, 3.63) is 17.0 Å². The predicted molar refractivity (Wildman–Crippen MR) is 68.1 cm³/mol. The molecule has 1 unspecified atom stereocenters. The van der Waals surface area contributed by atoms with Crippen molar-refractivity contribution in [2.75, 3.05) is 17.3 Å². The summed E-state index contributed by atoms with van der Waals surface area (Å²) in [5, 5.41) is 2.70. The summed E-state index contributed by atoms with van der Waals surface area (Å²) in [6.07, 6.45) is -1.88. The third-order valence-corrected chi connectivity index (χ3v) is 3.09. The molecule has 1 N–H and O–H groups in total. The molecule has 0 aromatic carbocycles. The van der Waals surface area contributed by atoms with E-state index in [9.17, 15) is 13.2 Å². The number of rotatable bonds is 5. The van der Waals surface area contributed by atoms with Crippen molar-refractivity contribution in [2.24, 2.45) is 0 Å². The van der Waals surface area contributed by atoms with Gasteiger partial charge in [0.05, 0.1) is 0 Å². The second kappa shape index (κ2) is 6.47. The topological polar surface area (TPSA) is 37.8 Å². The molecular weight excluding hydrogens is 287 g/mol. The molecule has 1 aromatic heterocycles. The molecule has 1 atom stereocenters. The first-order chi connectivity index (χ1) is 8.36. The summed E-state index contributed by atoms with van der Waals surface area (Å²) < 4.78 is 37.5. The summed E-state index contributed by atoms with van der Waals surface area (Å²) in [7, 11) is 0. The number of aromatic nitrogens is 2. The van der Waals surface area contributed by atoms with Gasteiger partial charge in [-0.05, 0) is 12.7 Å². The van der Waals surface area contributed by atoms with E-state index < -0.39 is 12.0 Å². The van der Waals surface area contributed by atoms with Gasteiger partial charge in [-0.25, -0.2) is 9.97 Å². The van der Waals surface area contributed by atoms with Gasteiger partial charge in [0, 0.05) is 17.9 Å². The molecule has 0 amide bonds. The Bertz CT molecular complexity index is 400. The van der Waals surface area contributed by atoms with Crippen LogP contribution in [0.4, 0.5) is 19.0 Å². The second-order valence-electron chi connectivity index (χ2n) is 3.60. The third kappa shape index (κ3) is 4.53. The zero-order valence-corrected chi connectivity index (χ0v) is 11.5. The molecule has 0 spiro atoms. The molecule has 0 aliphatic heterocycles. The van der Waals surface area contributed by atoms with Crippen LogP contribution in [-0.2, 0) is 6.18 Å². The number of hydrogen-bond donors (Lipinski definition) is 1. The van der Waals surface area contributed by atoms with Crippen LogP contribution < -0.4 is 5.32 Å². The highest BCUT2D eigenvalue weighted by atomic mass is 35.5. The van der Waals surface area contributed by atoms with Crippen molar-refractivity contribution in [1.29, 1.82) is 0 Å². The van der Waals surface area contributed by atoms with Crippen LogP contribution in [-0.4, -0.2) is 28.0 Å². The standard InChI is InChI=1S/C10H13ClF3N3S/c1-3-6(5-18-2)15-8-4-7(11)16-9(17-8)10(12,13)14/h4,6H,3,5H2,1-2H3,(H,15,16,17). The highest BCUT2D eigenvalue weighted by Crippen LogP contribution is 2.28. The number of halogens is 4. The monoisotopic (exact) mass is 299 g/mol. The van der Waals surface area contributed by atoms with E-state index in [0.717, 1.165) is 12.2 Å². The lowest BCUT2D eigenvalue weighted by molar-refractivity contribution is -0.144. The number of nitrogens with zero attached hydrogens (tertiary/aromatic N) is 2. The summed E-state index contributed by atoms with van der Waals surface area (Å²) >= 11 is 7.17. The van der Waals surface area contributed by atoms with Crippen molar-refractivity contribution < 1.29 is 13.2 Å². The molecule has 0 radical (unpaired) electrons. The van der Waals surface area contributed by atoms with Gasteiger partial charge in [0.25, 0.3) is 0 Å². The molecule has 0 saturated carbocycles. The maximum absolute atomic E-state index is 12.5. The normalized spacial score (nSPS) is 13.4. The first kappa shape index (κ1) is 15.4. The van der Waals surface area contributed by atoms with Gasteiger partial charge < -0.3 is 5.32 Å². The highest BCUT2D eigenvalue weighted by molar-refractivity contribution is 7.98. The smallest absolute Gasteiger partial charge is 0.366 e. The van der Waals surface area contributed by atoms with E-state index in [1.165, 1.54) is 6.07 Å². The van der Waals surface area contributed by atoms with E-state index in [0.29, 0.717) is 0 Å². The van der Waals surface area contributed by atoms with Crippen molar-refractivity contribution in [2.45, 2.75) is 25.6 Å². The zero-order valence-electron chi connectivity index (χ0n) is 9.88. The fraction of sp³-hybridized carbons (Fsp3) is 0.600. The minimum atomic E-state index is -4.59. The van der Waals surface area contributed by atoms with Crippen LogP contribution in [0.25, 0.3) is 0 Å². The number of alkyl halides is 3. The fourth-order valence-corrected chi connectivity index (χ4v) is 2.20. The predicted octanol–water partition coefficient (Wildman–Crippen LogP) is 3.70. The number of nitrogens with one attached hydrogen (secondary N) is 1. The quantitative estimate of drug-likeness (QED) is 0.841. The van der Waals surface area contributed by atoms with E-state index in [1.807, 2.05) is 13.2 Å². The largest absolute Gasteiger partial charge is 0.451 e. The Labute approximate surface area is 113 Å². The Balaban J connectivity index is 2.92. The Kier molecular flexibility index (Phi) is 5.52. The number of hydrogen-bond acceptors (Lipinski definition) is 4. The summed E-state index contributed by atoms with van der Waals surface area (Å²) in [6, 6.07) is 1.34. The first-order valence-corrected chi connectivity index (χ1v) is 7.01. The number of thioether (sulfide) groups is 1. The summed E-state index contributed by atoms with van der Waals surface area (Å²) in [5.41, 5.74) is 0. The van der Waals surface area contributed by atoms with Crippen LogP contribution in [0.2, 0.25) is 5.15 Å². The Morgan fingerprint density at radius 2 is 2.11 bits per heavy atom. The molecule has 0 saturated heterocycles. The molecule has 1 heterocycles. The van der Waals surface area contributed by atoms with Crippen LogP contribution in [0.15, 0.2) is 6.07 Å². The van der Waals surface area contributed by atoms with Crippen LogP contribution >= 0.6 is 23.4 Å². The maximum atomic E-state index is 12.5. The summed E-state index contributed by atoms with van der Waals surface area (Å²) in [4.78, 5) is 6.60. The van der Waals surface area contributed by atoms with E-state index in [1.54, 1.807) is 11.8 Å². The summed E-state index contributed by atoms with van der Waals surface area (Å²) in [6.45, 7) is 1.95. The van der Waals surface area contributed by atoms with Gasteiger partial charge in [-0.3, -0.25) is 0 Å². The minimum absolute atomic E-state index is 0.0482. The van der Waals surface area contributed by atoms with Gasteiger partial charge >= 0.3 is 6.18 Å². The second-order valence-corrected chi connectivity index (χ2v) is 4.90. The zero-order chi connectivity index (χ0) is 13.8. The van der Waals surface area contributed by atoms with Crippen LogP contribution in [0.5, 0.6) is 0 Å². The Morgan fingerprint density at radius 3 is 2.61 bits per heavy atom. The minimum Gasteiger partial charge on any atom is -0.366 e. The molecule has 102 valence electrons. The van der Waals surface area contributed by atoms with Crippen molar-refractivity contribution in [3.63, 3.8) is 0 Å². The van der Waals surface area contributed by atoms with Gasteiger partial charge in [-0.15, -0.1) is 0 Å². The molecular formula is C10H13ClF3N3S. The fourth-order valence-electron chi connectivity index (χ4n) is 1.29. The molecule has 1 rings (SSSR count). The Morgan fingerprint density at radius 1 is 1.44 bits per heavy atom. The van der Waals surface area contributed by atoms with Crippen molar-refractivity contribution >= 4 is 29.2 Å². The van der Waals surface area contributed by atoms with E-state index in [4.69, 9.17) is 11.6 Å². The lowest BCUT2D eigenvalue weighted by Gasteiger charge is -2.17. The van der Waals surface area contributed by atoms with Crippen molar-refractivity contribution in [3.8, 4) is 0 Å². The van der Waals surface area contributed by atoms with Crippen molar-refractivity contribution in [1.82, 2.24) is 9.97 Å². The van der Waals surface area contributed by atoms with Gasteiger partial charge in [0.2, 0.25) is 5.82 Å². The van der Waals surface area contributed by atoms with Gasteiger partial charge in [-0.1, -0.05) is 18.5 Å². The number of anilines is 1. The van der Waals surface area contributed by atoms with Gasteiger partial charge in [-0.2, -0.15) is 24.9 Å². The lowest BCUT2D eigenvalue weighted by atomic mass is 10.2. The third-order valence-electron chi connectivity index (χ3n) is 2.16. The van der Waals surface area contributed by atoms with E-state index >= 15 is 0 Å². The molecule has 0 aliphatic carbocycles. The molecule has 1 aromatic rings. The molecule has 3 nitrogen and oxygen atoms in total. The van der Waals surface area contributed by atoms with Gasteiger partial charge in [0.15, 0.2) is 0 Å². The SMILES string of the molecule is CCC(CSC)Nc1cc(Cl)nc(C(F)(F)F)n1. The maximum Gasteiger partial charge on any atom is 0.451 e. The van der Waals surface area contributed by atoms with Crippen LogP contribution in [0.1, 0.15) is 19.2 Å². The van der Waals surface area contributed by atoms with Gasteiger partial charge in [0.1, 0.15) is 11.0 Å².